The normalized spacial score (nSPS) is 13.8. The lowest BCUT2D eigenvalue weighted by molar-refractivity contribution is -0.141. The number of aryl methyl sites for hydroxylation is 2. The molecule has 196 valence electrons. The van der Waals surface area contributed by atoms with Crippen LogP contribution in [-0.2, 0) is 19.1 Å². The van der Waals surface area contributed by atoms with Gasteiger partial charge < -0.3 is 26.0 Å². The van der Waals surface area contributed by atoms with Crippen molar-refractivity contribution in [2.75, 3.05) is 7.05 Å². The monoisotopic (exact) mass is 490 g/mol. The van der Waals surface area contributed by atoms with Crippen LogP contribution in [0.1, 0.15) is 83.0 Å². The highest BCUT2D eigenvalue weighted by molar-refractivity contribution is 5.92. The molecule has 0 saturated carbocycles. The van der Waals surface area contributed by atoms with Gasteiger partial charge in [0.1, 0.15) is 17.7 Å². The summed E-state index contributed by atoms with van der Waals surface area (Å²) in [5, 5.41) is 5.56. The first-order valence-corrected chi connectivity index (χ1v) is 12.1. The molecule has 4 amide bonds. The molecule has 0 heterocycles. The summed E-state index contributed by atoms with van der Waals surface area (Å²) in [4.78, 5) is 52.3. The number of nitrogens with one attached hydrogen (secondary N) is 2. The third kappa shape index (κ3) is 9.58. The number of nitrogens with two attached hydrogens (primary N) is 1. The van der Waals surface area contributed by atoms with Gasteiger partial charge in [-0.05, 0) is 71.1 Å². The number of rotatable bonds is 11. The molecule has 0 saturated heterocycles. The summed E-state index contributed by atoms with van der Waals surface area (Å²) in [6, 6.07) is 3.56. The molecule has 3 unspecified atom stereocenters. The minimum Gasteiger partial charge on any atom is -0.444 e. The zero-order valence-corrected chi connectivity index (χ0v) is 22.4. The maximum absolute atomic E-state index is 13.6. The van der Waals surface area contributed by atoms with Crippen molar-refractivity contribution >= 4 is 23.8 Å². The second-order valence-electron chi connectivity index (χ2n) is 10.1. The number of carbonyl (C=O) groups excluding carboxylic acids is 4. The van der Waals surface area contributed by atoms with Crippen LogP contribution in [0.25, 0.3) is 0 Å². The number of hydrogen-bond acceptors (Lipinski definition) is 5. The summed E-state index contributed by atoms with van der Waals surface area (Å²) in [7, 11) is 1.52. The molecule has 0 spiro atoms. The van der Waals surface area contributed by atoms with Crippen molar-refractivity contribution in [3.63, 3.8) is 0 Å². The highest BCUT2D eigenvalue weighted by atomic mass is 16.6. The van der Waals surface area contributed by atoms with Gasteiger partial charge in [0.2, 0.25) is 17.7 Å². The highest BCUT2D eigenvalue weighted by Crippen LogP contribution is 2.28. The Bertz CT molecular complexity index is 889. The van der Waals surface area contributed by atoms with E-state index < -0.39 is 35.6 Å². The molecule has 1 rings (SSSR count). The first-order chi connectivity index (χ1) is 16.2. The molecule has 4 N–H and O–H groups in total. The van der Waals surface area contributed by atoms with Crippen molar-refractivity contribution in [3.05, 3.63) is 34.9 Å². The second kappa shape index (κ2) is 13.1. The topological polar surface area (TPSA) is 131 Å². The molecule has 0 radical (unpaired) electrons. The average Bonchev–Trinajstić information content (AvgIpc) is 2.71. The minimum absolute atomic E-state index is 0.0227. The zero-order valence-electron chi connectivity index (χ0n) is 22.4. The summed E-state index contributed by atoms with van der Waals surface area (Å²) >= 11 is 0. The maximum atomic E-state index is 13.6. The Hall–Kier alpha value is -3.10. The fourth-order valence-electron chi connectivity index (χ4n) is 3.95. The van der Waals surface area contributed by atoms with Crippen molar-refractivity contribution in [1.82, 2.24) is 15.5 Å². The Morgan fingerprint density at radius 2 is 1.63 bits per heavy atom. The average molecular weight is 491 g/mol. The van der Waals surface area contributed by atoms with Gasteiger partial charge >= 0.3 is 6.09 Å². The molecule has 3 atom stereocenters. The zero-order chi connectivity index (χ0) is 26.9. The number of hydrogen-bond donors (Lipinski definition) is 3. The quantitative estimate of drug-likeness (QED) is 0.438. The summed E-state index contributed by atoms with van der Waals surface area (Å²) < 4.78 is 5.30. The number of likely N-dealkylation sites (N-methyl/N-ethyl adjacent to an activating group) is 1. The molecule has 0 aliphatic rings. The number of benzene rings is 1. The second-order valence-corrected chi connectivity index (χ2v) is 10.1. The van der Waals surface area contributed by atoms with Gasteiger partial charge in [-0.15, -0.1) is 0 Å². The van der Waals surface area contributed by atoms with E-state index in [0.717, 1.165) is 29.5 Å². The highest BCUT2D eigenvalue weighted by Gasteiger charge is 2.35. The van der Waals surface area contributed by atoms with Gasteiger partial charge in [0.05, 0.1) is 0 Å². The van der Waals surface area contributed by atoms with E-state index in [-0.39, 0.29) is 24.8 Å². The first kappa shape index (κ1) is 29.9. The van der Waals surface area contributed by atoms with Crippen LogP contribution in [0, 0.1) is 13.8 Å². The Labute approximate surface area is 209 Å². The van der Waals surface area contributed by atoms with Gasteiger partial charge in [-0.25, -0.2) is 4.79 Å². The molecule has 1 aromatic rings. The van der Waals surface area contributed by atoms with Gasteiger partial charge in [0, 0.05) is 19.5 Å². The molecule has 0 aromatic heterocycles. The van der Waals surface area contributed by atoms with Gasteiger partial charge in [-0.2, -0.15) is 0 Å². The maximum Gasteiger partial charge on any atom is 0.408 e. The molecule has 0 fully saturated rings. The predicted octanol–water partition coefficient (Wildman–Crippen LogP) is 3.27. The lowest BCUT2D eigenvalue weighted by Gasteiger charge is -2.33. The molecule has 9 nitrogen and oxygen atoms in total. The van der Waals surface area contributed by atoms with E-state index in [1.165, 1.54) is 11.9 Å². The number of nitrogens with zero attached hydrogens (tertiary/aromatic N) is 1. The fourth-order valence-corrected chi connectivity index (χ4v) is 3.95. The molecule has 0 bridgehead atoms. The molecule has 1 aromatic carbocycles. The van der Waals surface area contributed by atoms with E-state index in [4.69, 9.17) is 10.5 Å². The van der Waals surface area contributed by atoms with E-state index in [1.807, 2.05) is 45.9 Å². The summed E-state index contributed by atoms with van der Waals surface area (Å²) in [6.45, 7) is 12.9. The summed E-state index contributed by atoms with van der Waals surface area (Å²) in [5.41, 5.74) is 6.97. The van der Waals surface area contributed by atoms with Gasteiger partial charge in [0.25, 0.3) is 0 Å². The number of ether oxygens (including phenoxy) is 1. The first-order valence-electron chi connectivity index (χ1n) is 12.1. The lowest BCUT2D eigenvalue weighted by atomic mass is 9.93. The van der Waals surface area contributed by atoms with Crippen molar-refractivity contribution < 1.29 is 23.9 Å². The van der Waals surface area contributed by atoms with Crippen LogP contribution in [0.3, 0.4) is 0 Å². The van der Waals surface area contributed by atoms with Crippen LogP contribution < -0.4 is 16.4 Å². The van der Waals surface area contributed by atoms with E-state index in [0.29, 0.717) is 0 Å². The van der Waals surface area contributed by atoms with Gasteiger partial charge in [0.15, 0.2) is 0 Å². The predicted molar refractivity (Wildman–Crippen MR) is 136 cm³/mol. The molecule has 9 heteroatoms. The smallest absolute Gasteiger partial charge is 0.408 e. The van der Waals surface area contributed by atoms with Gasteiger partial charge in [-0.1, -0.05) is 31.5 Å². The van der Waals surface area contributed by atoms with Crippen LogP contribution in [0.4, 0.5) is 4.79 Å². The van der Waals surface area contributed by atoms with Crippen LogP contribution in [-0.4, -0.2) is 53.4 Å². The van der Waals surface area contributed by atoms with Crippen LogP contribution >= 0.6 is 0 Å². The standard InChI is InChI=1S/C26H42N4O5/c1-9-11-18(4)28-23(32)22(21-16(2)12-10-13-17(21)3)30(8)24(33)19(14-15-20(27)31)29-25(34)35-26(5,6)7/h10,12-13,18-19,22H,9,11,14-15H2,1-8H3,(H2,27,31)(H,28,32)(H,29,34). The fraction of sp³-hybridized carbons (Fsp3) is 0.615. The van der Waals surface area contributed by atoms with Crippen LogP contribution in [0.15, 0.2) is 18.2 Å². The Kier molecular flexibility index (Phi) is 11.2. The number of amides is 4. The van der Waals surface area contributed by atoms with Crippen molar-refractivity contribution in [1.29, 1.82) is 0 Å². The van der Waals surface area contributed by atoms with E-state index in [1.54, 1.807) is 20.8 Å². The summed E-state index contributed by atoms with van der Waals surface area (Å²) in [6.07, 6.45) is 0.765. The van der Waals surface area contributed by atoms with E-state index in [2.05, 4.69) is 10.6 Å². The van der Waals surface area contributed by atoms with Crippen molar-refractivity contribution in [2.24, 2.45) is 5.73 Å². The number of alkyl carbamates (subject to hydrolysis) is 1. The Morgan fingerprint density at radius 1 is 1.06 bits per heavy atom. The molecular weight excluding hydrogens is 448 g/mol. The largest absolute Gasteiger partial charge is 0.444 e. The third-order valence-electron chi connectivity index (χ3n) is 5.58. The SMILES string of the molecule is CCCC(C)NC(=O)C(c1c(C)cccc1C)N(C)C(=O)C(CCC(N)=O)NC(=O)OC(C)(C)C. The van der Waals surface area contributed by atoms with Gasteiger partial charge in [-0.3, -0.25) is 14.4 Å². The molecule has 0 aliphatic carbocycles. The molecule has 35 heavy (non-hydrogen) atoms. The van der Waals surface area contributed by atoms with Crippen LogP contribution in [0.2, 0.25) is 0 Å². The Morgan fingerprint density at radius 3 is 2.11 bits per heavy atom. The number of primary amides is 1. The van der Waals surface area contributed by atoms with E-state index in [9.17, 15) is 19.2 Å². The van der Waals surface area contributed by atoms with Crippen molar-refractivity contribution in [3.8, 4) is 0 Å². The van der Waals surface area contributed by atoms with Crippen molar-refractivity contribution in [2.45, 2.75) is 97.9 Å². The van der Waals surface area contributed by atoms with Crippen LogP contribution in [0.5, 0.6) is 0 Å². The molecular formula is C26H42N4O5. The lowest BCUT2D eigenvalue weighted by Crippen LogP contribution is -2.52. The third-order valence-corrected chi connectivity index (χ3v) is 5.58. The molecule has 0 aliphatic heterocycles. The number of carbonyl (C=O) groups is 4. The Balaban J connectivity index is 3.37. The minimum atomic E-state index is -1.10. The summed E-state index contributed by atoms with van der Waals surface area (Å²) in [5.74, 6) is -1.44. The van der Waals surface area contributed by atoms with E-state index >= 15 is 0 Å².